The number of hydrogen-bond acceptors (Lipinski definition) is 6. The summed E-state index contributed by atoms with van der Waals surface area (Å²) in [6.45, 7) is 0.299. The first kappa shape index (κ1) is 24.0. The number of benzene rings is 2. The second kappa shape index (κ2) is 10.1. The molecule has 10 heteroatoms. The zero-order valence-corrected chi connectivity index (χ0v) is 20.8. The van der Waals surface area contributed by atoms with Gasteiger partial charge in [-0.3, -0.25) is 14.7 Å². The van der Waals surface area contributed by atoms with Crippen molar-refractivity contribution in [3.63, 3.8) is 0 Å². The van der Waals surface area contributed by atoms with E-state index in [9.17, 15) is 14.7 Å². The van der Waals surface area contributed by atoms with Crippen LogP contribution in [0, 0.1) is 0 Å². The van der Waals surface area contributed by atoms with Gasteiger partial charge in [0.05, 0.1) is 22.1 Å². The monoisotopic (exact) mass is 512 g/mol. The van der Waals surface area contributed by atoms with E-state index >= 15 is 0 Å². The number of amides is 2. The molecule has 3 heterocycles. The zero-order valence-electron chi connectivity index (χ0n) is 20.0. The normalized spacial score (nSPS) is 11.6. The Bertz CT molecular complexity index is 1600. The SMILES string of the molecule is CN(C(=O)c1ccccc1)c1ccc2c(c1)nc(C=C(O)c1ccc(-c3cn[nH]c3)s1)n2CCC(N)=O. The number of nitrogens with zero attached hydrogens (tertiary/aromatic N) is 4. The van der Waals surface area contributed by atoms with Gasteiger partial charge in [-0.1, -0.05) is 18.2 Å². The summed E-state index contributed by atoms with van der Waals surface area (Å²) in [5.41, 5.74) is 8.97. The van der Waals surface area contributed by atoms with Gasteiger partial charge in [0.25, 0.3) is 5.91 Å². The van der Waals surface area contributed by atoms with Crippen LogP contribution in [0.1, 0.15) is 27.5 Å². The van der Waals surface area contributed by atoms with Crippen LogP contribution in [0.15, 0.2) is 73.1 Å². The number of nitrogens with one attached hydrogen (secondary N) is 1. The second-order valence-corrected chi connectivity index (χ2v) is 9.51. The molecule has 0 saturated heterocycles. The number of aromatic amines is 1. The molecule has 0 radical (unpaired) electrons. The molecular weight excluding hydrogens is 488 g/mol. The maximum Gasteiger partial charge on any atom is 0.258 e. The van der Waals surface area contributed by atoms with Gasteiger partial charge in [0.2, 0.25) is 5.91 Å². The molecule has 5 rings (SSSR count). The minimum atomic E-state index is -0.436. The summed E-state index contributed by atoms with van der Waals surface area (Å²) in [7, 11) is 1.71. The number of carbonyl (C=O) groups is 2. The number of aliphatic hydroxyl groups is 1. The van der Waals surface area contributed by atoms with Crippen LogP contribution in [0.2, 0.25) is 0 Å². The quantitative estimate of drug-likeness (QED) is 0.260. The molecule has 0 aliphatic carbocycles. The summed E-state index contributed by atoms with van der Waals surface area (Å²) in [6, 6.07) is 18.3. The first-order chi connectivity index (χ1) is 17.9. The molecule has 2 aromatic carbocycles. The first-order valence-corrected chi connectivity index (χ1v) is 12.3. The number of primary amides is 1. The average molecular weight is 513 g/mol. The summed E-state index contributed by atoms with van der Waals surface area (Å²) in [6.07, 6.45) is 5.20. The van der Waals surface area contributed by atoms with Crippen LogP contribution >= 0.6 is 11.3 Å². The number of anilines is 1. The van der Waals surface area contributed by atoms with Crippen LogP contribution in [-0.4, -0.2) is 43.7 Å². The van der Waals surface area contributed by atoms with Crippen LogP contribution in [0.3, 0.4) is 0 Å². The Morgan fingerprint density at radius 1 is 1.16 bits per heavy atom. The number of aromatic nitrogens is 4. The number of carbonyl (C=O) groups excluding carboxylic acids is 2. The van der Waals surface area contributed by atoms with Crippen LogP contribution in [-0.2, 0) is 11.3 Å². The molecule has 0 aliphatic heterocycles. The third kappa shape index (κ3) is 5.00. The molecule has 4 N–H and O–H groups in total. The van der Waals surface area contributed by atoms with E-state index in [1.165, 1.54) is 11.3 Å². The molecular formula is C27H24N6O3S. The van der Waals surface area contributed by atoms with E-state index in [2.05, 4.69) is 10.2 Å². The van der Waals surface area contributed by atoms with Crippen molar-refractivity contribution in [3.8, 4) is 10.4 Å². The van der Waals surface area contributed by atoms with E-state index in [4.69, 9.17) is 10.7 Å². The van der Waals surface area contributed by atoms with E-state index in [1.54, 1.807) is 42.6 Å². The highest BCUT2D eigenvalue weighted by Crippen LogP contribution is 2.32. The van der Waals surface area contributed by atoms with Crippen LogP contribution in [0.25, 0.3) is 33.3 Å². The number of imidazole rings is 1. The van der Waals surface area contributed by atoms with Crippen molar-refractivity contribution in [2.75, 3.05) is 11.9 Å². The second-order valence-electron chi connectivity index (χ2n) is 8.42. The highest BCUT2D eigenvalue weighted by Gasteiger charge is 2.17. The number of fused-ring (bicyclic) bond motifs is 1. The van der Waals surface area contributed by atoms with Crippen molar-refractivity contribution in [2.24, 2.45) is 5.73 Å². The number of hydrogen-bond donors (Lipinski definition) is 3. The van der Waals surface area contributed by atoms with Gasteiger partial charge < -0.3 is 20.3 Å². The topological polar surface area (TPSA) is 130 Å². The summed E-state index contributed by atoms with van der Waals surface area (Å²) < 4.78 is 1.84. The van der Waals surface area contributed by atoms with Gasteiger partial charge in [-0.25, -0.2) is 4.98 Å². The summed E-state index contributed by atoms with van der Waals surface area (Å²) in [4.78, 5) is 32.4. The smallest absolute Gasteiger partial charge is 0.258 e. The van der Waals surface area contributed by atoms with Crippen molar-refractivity contribution in [1.29, 1.82) is 0 Å². The molecule has 37 heavy (non-hydrogen) atoms. The van der Waals surface area contributed by atoms with Crippen molar-refractivity contribution >= 4 is 51.7 Å². The Morgan fingerprint density at radius 3 is 2.70 bits per heavy atom. The molecule has 0 saturated carbocycles. The van der Waals surface area contributed by atoms with E-state index in [0.717, 1.165) is 16.0 Å². The molecule has 0 fully saturated rings. The predicted octanol–water partition coefficient (Wildman–Crippen LogP) is 4.70. The molecule has 0 aliphatic rings. The molecule has 9 nitrogen and oxygen atoms in total. The van der Waals surface area contributed by atoms with Crippen molar-refractivity contribution in [2.45, 2.75) is 13.0 Å². The van der Waals surface area contributed by atoms with E-state index in [1.807, 2.05) is 53.1 Å². The van der Waals surface area contributed by atoms with Crippen molar-refractivity contribution in [3.05, 3.63) is 89.3 Å². The van der Waals surface area contributed by atoms with Gasteiger partial charge in [-0.2, -0.15) is 5.10 Å². The van der Waals surface area contributed by atoms with Crippen LogP contribution in [0.4, 0.5) is 5.69 Å². The number of aliphatic hydroxyl groups excluding tert-OH is 1. The standard InChI is InChI=1S/C27H24N6O3S/c1-32(27(36)17-5-3-2-4-6-17)19-7-8-21-20(13-19)31-26(33(21)12-11-25(28)35)14-22(34)24-10-9-23(37-24)18-15-29-30-16-18/h2-10,13-16,34H,11-12H2,1H3,(H2,28,35)(H,29,30). The highest BCUT2D eigenvalue weighted by atomic mass is 32.1. The lowest BCUT2D eigenvalue weighted by Gasteiger charge is -2.17. The molecule has 0 atom stereocenters. The molecule has 2 amide bonds. The summed E-state index contributed by atoms with van der Waals surface area (Å²) in [5.74, 6) is -0.0565. The largest absolute Gasteiger partial charge is 0.506 e. The fraction of sp³-hybridized carbons (Fsp3) is 0.111. The fourth-order valence-electron chi connectivity index (χ4n) is 4.01. The molecule has 186 valence electrons. The molecule has 0 spiro atoms. The number of H-pyrrole nitrogens is 1. The minimum Gasteiger partial charge on any atom is -0.506 e. The highest BCUT2D eigenvalue weighted by molar-refractivity contribution is 7.16. The van der Waals surface area contributed by atoms with Gasteiger partial charge in [0.15, 0.2) is 0 Å². The number of thiophene rings is 1. The first-order valence-electron chi connectivity index (χ1n) is 11.5. The lowest BCUT2D eigenvalue weighted by Crippen LogP contribution is -2.26. The average Bonchev–Trinajstić information content (AvgIpc) is 3.66. The Hall–Kier alpha value is -4.70. The third-order valence-corrected chi connectivity index (χ3v) is 7.12. The predicted molar refractivity (Wildman–Crippen MR) is 145 cm³/mol. The summed E-state index contributed by atoms with van der Waals surface area (Å²) >= 11 is 1.42. The minimum absolute atomic E-state index is 0.0481. The molecule has 5 aromatic rings. The number of aryl methyl sites for hydroxylation is 1. The van der Waals surface area contributed by atoms with E-state index in [-0.39, 0.29) is 18.1 Å². The number of nitrogens with two attached hydrogens (primary N) is 1. The Kier molecular flexibility index (Phi) is 6.57. The molecule has 0 bridgehead atoms. The fourth-order valence-corrected chi connectivity index (χ4v) is 4.92. The zero-order chi connectivity index (χ0) is 25.9. The molecule has 0 unspecified atom stereocenters. The summed E-state index contributed by atoms with van der Waals surface area (Å²) in [5, 5.41) is 17.7. The van der Waals surface area contributed by atoms with Gasteiger partial charge in [-0.05, 0) is 42.5 Å². The molecule has 3 aromatic heterocycles. The van der Waals surface area contributed by atoms with Crippen LogP contribution in [0.5, 0.6) is 0 Å². The maximum absolute atomic E-state index is 12.9. The maximum atomic E-state index is 12.9. The van der Waals surface area contributed by atoms with Crippen molar-refractivity contribution < 1.29 is 14.7 Å². The van der Waals surface area contributed by atoms with E-state index in [0.29, 0.717) is 34.0 Å². The lowest BCUT2D eigenvalue weighted by molar-refractivity contribution is -0.118. The third-order valence-electron chi connectivity index (χ3n) is 5.96. The van der Waals surface area contributed by atoms with Gasteiger partial charge in [0.1, 0.15) is 11.6 Å². The van der Waals surface area contributed by atoms with Gasteiger partial charge in [0, 0.05) is 54.0 Å². The lowest BCUT2D eigenvalue weighted by atomic mass is 10.2. The number of rotatable bonds is 8. The van der Waals surface area contributed by atoms with E-state index < -0.39 is 5.91 Å². The van der Waals surface area contributed by atoms with Gasteiger partial charge in [-0.15, -0.1) is 11.3 Å². The van der Waals surface area contributed by atoms with Crippen molar-refractivity contribution in [1.82, 2.24) is 19.7 Å². The Labute approximate surface area is 216 Å². The van der Waals surface area contributed by atoms with Gasteiger partial charge >= 0.3 is 0 Å². The Balaban J connectivity index is 1.50. The van der Waals surface area contributed by atoms with Crippen LogP contribution < -0.4 is 10.6 Å². The Morgan fingerprint density at radius 2 is 1.97 bits per heavy atom.